The van der Waals surface area contributed by atoms with E-state index < -0.39 is 5.60 Å². The minimum Gasteiger partial charge on any atom is -0.444 e. The van der Waals surface area contributed by atoms with Gasteiger partial charge >= 0.3 is 6.09 Å². The van der Waals surface area contributed by atoms with E-state index in [2.05, 4.69) is 20.5 Å². The van der Waals surface area contributed by atoms with Crippen LogP contribution in [-0.4, -0.2) is 72.8 Å². The number of piperazine rings is 1. The topological polar surface area (TPSA) is 69.2 Å². The number of anilines is 1. The molecule has 1 aromatic rings. The smallest absolute Gasteiger partial charge is 0.410 e. The van der Waals surface area contributed by atoms with E-state index in [4.69, 9.17) is 4.74 Å². The monoisotopic (exact) mass is 519 g/mol. The van der Waals surface area contributed by atoms with Crippen LogP contribution in [0, 0.1) is 5.82 Å². The molecule has 0 spiro atoms. The van der Waals surface area contributed by atoms with E-state index >= 15 is 0 Å². The number of halogens is 2. The number of ether oxygens (including phenoxy) is 1. The minimum atomic E-state index is -0.480. The summed E-state index contributed by atoms with van der Waals surface area (Å²) in [6.45, 7) is 9.86. The molecule has 0 saturated carbocycles. The first-order valence-electron chi connectivity index (χ1n) is 9.84. The molecule has 1 unspecified atom stereocenters. The molecule has 0 bridgehead atoms. The maximum Gasteiger partial charge on any atom is 0.410 e. The van der Waals surface area contributed by atoms with Gasteiger partial charge in [0.15, 0.2) is 5.96 Å². The second-order valence-electron chi connectivity index (χ2n) is 8.16. The molecule has 2 aliphatic heterocycles. The van der Waals surface area contributed by atoms with Crippen LogP contribution in [0.2, 0.25) is 0 Å². The number of fused-ring (bicyclic) bond motifs is 1. The number of carbonyl (C=O) groups is 1. The summed E-state index contributed by atoms with van der Waals surface area (Å²) in [6, 6.07) is 6.67. The Bertz CT molecular complexity index is 725. The second kappa shape index (κ2) is 10.3. The molecular weight excluding hydrogens is 488 g/mol. The number of guanidine groups is 1. The van der Waals surface area contributed by atoms with Gasteiger partial charge in [0, 0.05) is 38.4 Å². The Labute approximate surface area is 189 Å². The molecular formula is C20H31FIN5O2. The zero-order chi connectivity index (χ0) is 20.1. The summed E-state index contributed by atoms with van der Waals surface area (Å²) in [5, 5.41) is 6.60. The Hall–Kier alpha value is -1.78. The van der Waals surface area contributed by atoms with E-state index in [1.165, 1.54) is 12.1 Å². The largest absolute Gasteiger partial charge is 0.444 e. The Morgan fingerprint density at radius 1 is 1.28 bits per heavy atom. The molecule has 0 aliphatic carbocycles. The number of nitrogens with one attached hydrogen (secondary N) is 2. The van der Waals surface area contributed by atoms with Crippen molar-refractivity contribution in [3.05, 3.63) is 30.1 Å². The third-order valence-electron chi connectivity index (χ3n) is 4.65. The van der Waals surface area contributed by atoms with E-state index in [0.717, 1.165) is 37.7 Å². The number of aliphatic imine (C=N–C) groups is 1. The van der Waals surface area contributed by atoms with Crippen molar-refractivity contribution in [3.8, 4) is 0 Å². The van der Waals surface area contributed by atoms with Crippen LogP contribution >= 0.6 is 24.0 Å². The molecule has 0 aromatic heterocycles. The maximum absolute atomic E-state index is 13.2. The van der Waals surface area contributed by atoms with Crippen LogP contribution in [0.15, 0.2) is 29.3 Å². The summed E-state index contributed by atoms with van der Waals surface area (Å²) in [4.78, 5) is 20.9. The van der Waals surface area contributed by atoms with Crippen molar-refractivity contribution >= 4 is 41.7 Å². The lowest BCUT2D eigenvalue weighted by Crippen LogP contribution is -2.57. The van der Waals surface area contributed by atoms with E-state index in [1.807, 2.05) is 26.8 Å². The van der Waals surface area contributed by atoms with E-state index in [9.17, 15) is 9.18 Å². The second-order valence-corrected chi connectivity index (χ2v) is 8.16. The predicted molar refractivity (Wildman–Crippen MR) is 124 cm³/mol. The van der Waals surface area contributed by atoms with Gasteiger partial charge in [-0.2, -0.15) is 0 Å². The molecule has 9 heteroatoms. The third kappa shape index (κ3) is 6.90. The van der Waals surface area contributed by atoms with Crippen LogP contribution in [0.3, 0.4) is 0 Å². The molecule has 0 radical (unpaired) electrons. The van der Waals surface area contributed by atoms with Gasteiger partial charge in [0.25, 0.3) is 0 Å². The predicted octanol–water partition coefficient (Wildman–Crippen LogP) is 3.13. The van der Waals surface area contributed by atoms with Crippen molar-refractivity contribution in [3.63, 3.8) is 0 Å². The summed E-state index contributed by atoms with van der Waals surface area (Å²) in [7, 11) is 0. The zero-order valence-corrected chi connectivity index (χ0v) is 19.6. The van der Waals surface area contributed by atoms with Crippen LogP contribution in [0.25, 0.3) is 0 Å². The van der Waals surface area contributed by atoms with Crippen molar-refractivity contribution in [2.45, 2.75) is 38.8 Å². The Kier molecular flexibility index (Phi) is 8.35. The Balaban J connectivity index is 0.00000300. The van der Waals surface area contributed by atoms with Crippen molar-refractivity contribution in [1.29, 1.82) is 0 Å². The van der Waals surface area contributed by atoms with Crippen molar-refractivity contribution in [2.75, 3.05) is 44.6 Å². The van der Waals surface area contributed by atoms with Crippen LogP contribution in [0.4, 0.5) is 14.9 Å². The summed E-state index contributed by atoms with van der Waals surface area (Å²) >= 11 is 0. The van der Waals surface area contributed by atoms with Gasteiger partial charge in [-0.05, 0) is 45.4 Å². The lowest BCUT2D eigenvalue weighted by molar-refractivity contribution is 0.0137. The maximum atomic E-state index is 13.2. The van der Waals surface area contributed by atoms with Gasteiger partial charge in [0.05, 0.1) is 12.6 Å². The quantitative estimate of drug-likeness (QED) is 0.463. The molecule has 1 atom stereocenters. The van der Waals surface area contributed by atoms with Gasteiger partial charge in [-0.1, -0.05) is 6.07 Å². The van der Waals surface area contributed by atoms with Crippen LogP contribution < -0.4 is 10.6 Å². The number of hydrogen-bond acceptors (Lipinski definition) is 6. The van der Waals surface area contributed by atoms with Crippen molar-refractivity contribution in [1.82, 2.24) is 15.1 Å². The molecule has 3 rings (SSSR count). The fourth-order valence-corrected chi connectivity index (χ4v) is 3.34. The molecule has 7 nitrogen and oxygen atoms in total. The highest BCUT2D eigenvalue weighted by atomic mass is 127. The molecule has 162 valence electrons. The average molecular weight is 519 g/mol. The van der Waals surface area contributed by atoms with Crippen LogP contribution in [0.5, 0.6) is 0 Å². The molecule has 2 heterocycles. The molecule has 29 heavy (non-hydrogen) atoms. The number of hydrogen-bond donors (Lipinski definition) is 2. The highest BCUT2D eigenvalue weighted by Crippen LogP contribution is 2.18. The fraction of sp³-hybridized carbons (Fsp3) is 0.600. The Morgan fingerprint density at radius 2 is 2.03 bits per heavy atom. The number of benzene rings is 1. The number of carbonyl (C=O) groups excluding carboxylic acids is 1. The fourth-order valence-electron chi connectivity index (χ4n) is 3.34. The highest BCUT2D eigenvalue weighted by molar-refractivity contribution is 14.0. The molecule has 1 saturated heterocycles. The first-order chi connectivity index (χ1) is 13.3. The first kappa shape index (κ1) is 23.5. The van der Waals surface area contributed by atoms with Gasteiger partial charge in [0.2, 0.25) is 0 Å². The van der Waals surface area contributed by atoms with E-state index in [-0.39, 0.29) is 41.9 Å². The van der Waals surface area contributed by atoms with Gasteiger partial charge in [-0.3, -0.25) is 4.99 Å². The molecule has 2 N–H and O–H groups in total. The average Bonchev–Trinajstić information content (AvgIpc) is 3.02. The number of nitrogens with zero attached hydrogens (tertiary/aromatic N) is 3. The number of rotatable bonds is 5. The summed E-state index contributed by atoms with van der Waals surface area (Å²) in [5.74, 6) is 0.666. The normalized spacial score (nSPS) is 18.5. The summed E-state index contributed by atoms with van der Waals surface area (Å²) in [5.41, 5.74) is 0.309. The summed E-state index contributed by atoms with van der Waals surface area (Å²) < 4.78 is 18.6. The molecule has 2 aliphatic rings. The van der Waals surface area contributed by atoms with Crippen molar-refractivity contribution in [2.24, 2.45) is 4.99 Å². The van der Waals surface area contributed by atoms with Crippen molar-refractivity contribution < 1.29 is 13.9 Å². The molecule has 1 amide bonds. The third-order valence-corrected chi connectivity index (χ3v) is 4.65. The lowest BCUT2D eigenvalue weighted by Gasteiger charge is -2.39. The van der Waals surface area contributed by atoms with Gasteiger partial charge in [0.1, 0.15) is 11.4 Å². The summed E-state index contributed by atoms with van der Waals surface area (Å²) in [6.07, 6.45) is 0.634. The van der Waals surface area contributed by atoms with E-state index in [0.29, 0.717) is 19.6 Å². The highest BCUT2D eigenvalue weighted by Gasteiger charge is 2.36. The zero-order valence-electron chi connectivity index (χ0n) is 17.3. The molecule has 1 aromatic carbocycles. The minimum absolute atomic E-state index is 0. The van der Waals surface area contributed by atoms with Gasteiger partial charge in [-0.15, -0.1) is 24.0 Å². The SMILES string of the molecule is CC(C)(C)OC(=O)N1CCN2C(NCCCNc3cccc(F)c3)=NCC2C1.I. The Morgan fingerprint density at radius 3 is 2.76 bits per heavy atom. The standard InChI is InChI=1S/C20H30FN5O2.HI/c1-20(2,3)28-19(27)25-10-11-26-17(14-25)13-24-18(26)23-9-5-8-22-16-7-4-6-15(21)12-16;/h4,6-7,12,17,22H,5,8-11,13-14H2,1-3H3,(H,23,24);1H. The number of amides is 1. The van der Waals surface area contributed by atoms with Gasteiger partial charge in [-0.25, -0.2) is 9.18 Å². The lowest BCUT2D eigenvalue weighted by atomic mass is 10.2. The van der Waals surface area contributed by atoms with E-state index in [1.54, 1.807) is 11.0 Å². The van der Waals surface area contributed by atoms with Crippen LogP contribution in [0.1, 0.15) is 27.2 Å². The molecule has 1 fully saturated rings. The van der Waals surface area contributed by atoms with Crippen LogP contribution in [-0.2, 0) is 4.74 Å². The first-order valence-corrected chi connectivity index (χ1v) is 9.84. The van der Waals surface area contributed by atoms with Gasteiger partial charge < -0.3 is 25.2 Å².